The van der Waals surface area contributed by atoms with Gasteiger partial charge in [-0.1, -0.05) is 18.2 Å². The molecule has 118 valence electrons. The fourth-order valence-corrected chi connectivity index (χ4v) is 4.22. The SMILES string of the molecule is COC(=O)c1cccc(N2C(=O)[C@H]3[C@H](C2=O)[C@@H]2C=C[C@@H]3CC2)c1. The molecule has 1 aliphatic heterocycles. The molecule has 23 heavy (non-hydrogen) atoms. The number of methoxy groups -OCH3 is 1. The quantitative estimate of drug-likeness (QED) is 0.477. The van der Waals surface area contributed by atoms with Gasteiger partial charge in [0, 0.05) is 0 Å². The van der Waals surface area contributed by atoms with Gasteiger partial charge in [0.25, 0.3) is 0 Å². The largest absolute Gasteiger partial charge is 0.465 e. The molecule has 2 bridgehead atoms. The Labute approximate surface area is 133 Å². The molecule has 0 radical (unpaired) electrons. The summed E-state index contributed by atoms with van der Waals surface area (Å²) in [4.78, 5) is 38.6. The first-order valence-corrected chi connectivity index (χ1v) is 7.86. The minimum absolute atomic E-state index is 0.138. The van der Waals surface area contributed by atoms with Crippen molar-refractivity contribution in [3.63, 3.8) is 0 Å². The van der Waals surface area contributed by atoms with Gasteiger partial charge in [0.05, 0.1) is 30.2 Å². The number of imide groups is 1. The maximum absolute atomic E-state index is 12.8. The maximum atomic E-state index is 12.8. The number of hydrogen-bond acceptors (Lipinski definition) is 4. The van der Waals surface area contributed by atoms with E-state index in [0.717, 1.165) is 12.8 Å². The summed E-state index contributed by atoms with van der Waals surface area (Å²) in [7, 11) is 1.30. The van der Waals surface area contributed by atoms with Crippen LogP contribution in [0.3, 0.4) is 0 Å². The van der Waals surface area contributed by atoms with Crippen molar-refractivity contribution in [2.45, 2.75) is 12.8 Å². The molecule has 2 amide bonds. The summed E-state index contributed by atoms with van der Waals surface area (Å²) in [6.45, 7) is 0. The summed E-state index contributed by atoms with van der Waals surface area (Å²) in [5.41, 5.74) is 0.790. The molecule has 5 heteroatoms. The number of esters is 1. The molecule has 1 saturated heterocycles. The van der Waals surface area contributed by atoms with Crippen LogP contribution in [0.1, 0.15) is 23.2 Å². The molecule has 0 spiro atoms. The fourth-order valence-electron chi connectivity index (χ4n) is 4.22. The third-order valence-corrected chi connectivity index (χ3v) is 5.28. The Kier molecular flexibility index (Phi) is 3.11. The molecule has 1 aromatic carbocycles. The van der Waals surface area contributed by atoms with E-state index < -0.39 is 5.97 Å². The Morgan fingerprint density at radius 3 is 2.22 bits per heavy atom. The highest BCUT2D eigenvalue weighted by atomic mass is 16.5. The van der Waals surface area contributed by atoms with Crippen LogP contribution in [-0.2, 0) is 14.3 Å². The number of carbonyl (C=O) groups is 3. The van der Waals surface area contributed by atoms with Crippen LogP contribution in [0.5, 0.6) is 0 Å². The van der Waals surface area contributed by atoms with Crippen LogP contribution in [0, 0.1) is 23.7 Å². The zero-order valence-corrected chi connectivity index (χ0v) is 12.8. The Hall–Kier alpha value is -2.43. The van der Waals surface area contributed by atoms with E-state index in [9.17, 15) is 14.4 Å². The normalized spacial score (nSPS) is 31.4. The monoisotopic (exact) mass is 311 g/mol. The highest BCUT2D eigenvalue weighted by molar-refractivity contribution is 6.22. The van der Waals surface area contributed by atoms with Crippen molar-refractivity contribution in [1.82, 2.24) is 0 Å². The molecule has 4 aliphatic rings. The van der Waals surface area contributed by atoms with Crippen LogP contribution >= 0.6 is 0 Å². The molecule has 2 fully saturated rings. The summed E-state index contributed by atoms with van der Waals surface area (Å²) >= 11 is 0. The summed E-state index contributed by atoms with van der Waals surface area (Å²) in [6, 6.07) is 6.51. The second-order valence-electron chi connectivity index (χ2n) is 6.40. The van der Waals surface area contributed by atoms with Crippen molar-refractivity contribution in [2.24, 2.45) is 23.7 Å². The van der Waals surface area contributed by atoms with E-state index in [4.69, 9.17) is 4.74 Å². The standard InChI is InChI=1S/C18H17NO4/c1-23-18(22)12-3-2-4-13(9-12)19-16(20)14-10-5-6-11(8-7-10)15(14)17(19)21/h2-6,9-11,14-15H,7-8H2,1H3/t10-,11-,14-,15-/m1/s1. The number of rotatable bonds is 2. The number of nitrogens with zero attached hydrogens (tertiary/aromatic N) is 1. The van der Waals surface area contributed by atoms with Gasteiger partial charge < -0.3 is 4.74 Å². The molecule has 5 rings (SSSR count). The minimum Gasteiger partial charge on any atom is -0.465 e. The van der Waals surface area contributed by atoms with E-state index in [1.165, 1.54) is 12.0 Å². The van der Waals surface area contributed by atoms with Crippen molar-refractivity contribution in [2.75, 3.05) is 12.0 Å². The van der Waals surface area contributed by atoms with E-state index in [1.54, 1.807) is 24.3 Å². The van der Waals surface area contributed by atoms with Crippen LogP contribution < -0.4 is 4.90 Å². The topological polar surface area (TPSA) is 63.7 Å². The molecule has 0 unspecified atom stereocenters. The van der Waals surface area contributed by atoms with E-state index >= 15 is 0 Å². The van der Waals surface area contributed by atoms with Crippen LogP contribution in [0.15, 0.2) is 36.4 Å². The van der Waals surface area contributed by atoms with Crippen molar-refractivity contribution in [3.05, 3.63) is 42.0 Å². The molecule has 4 atom stereocenters. The van der Waals surface area contributed by atoms with Gasteiger partial charge in [0.15, 0.2) is 0 Å². The van der Waals surface area contributed by atoms with Gasteiger partial charge in [-0.3, -0.25) is 9.59 Å². The van der Waals surface area contributed by atoms with Gasteiger partial charge in [0.2, 0.25) is 11.8 Å². The number of carbonyl (C=O) groups excluding carboxylic acids is 3. The summed E-state index contributed by atoms with van der Waals surface area (Å²) in [5, 5.41) is 0. The second-order valence-corrected chi connectivity index (χ2v) is 6.40. The Morgan fingerprint density at radius 1 is 1.09 bits per heavy atom. The molecule has 0 aromatic heterocycles. The first kappa shape index (κ1) is 14.2. The van der Waals surface area contributed by atoms with Crippen LogP contribution in [0.2, 0.25) is 0 Å². The molecular formula is C18H17NO4. The number of ether oxygens (including phenoxy) is 1. The smallest absolute Gasteiger partial charge is 0.337 e. The molecule has 5 nitrogen and oxygen atoms in total. The van der Waals surface area contributed by atoms with E-state index in [0.29, 0.717) is 11.3 Å². The maximum Gasteiger partial charge on any atom is 0.337 e. The highest BCUT2D eigenvalue weighted by Crippen LogP contribution is 2.50. The second kappa shape index (κ2) is 5.05. The first-order chi connectivity index (χ1) is 11.1. The molecule has 1 aromatic rings. The van der Waals surface area contributed by atoms with Crippen molar-refractivity contribution >= 4 is 23.5 Å². The van der Waals surface area contributed by atoms with Crippen LogP contribution in [-0.4, -0.2) is 24.9 Å². The van der Waals surface area contributed by atoms with Crippen molar-refractivity contribution in [1.29, 1.82) is 0 Å². The molecule has 0 N–H and O–H groups in total. The van der Waals surface area contributed by atoms with Gasteiger partial charge in [-0.25, -0.2) is 9.69 Å². The molecular weight excluding hydrogens is 294 g/mol. The van der Waals surface area contributed by atoms with E-state index in [1.807, 2.05) is 0 Å². The molecule has 1 heterocycles. The van der Waals surface area contributed by atoms with Crippen LogP contribution in [0.25, 0.3) is 0 Å². The van der Waals surface area contributed by atoms with Gasteiger partial charge in [-0.2, -0.15) is 0 Å². The van der Waals surface area contributed by atoms with Gasteiger partial charge in [0.1, 0.15) is 0 Å². The fraction of sp³-hybridized carbons (Fsp3) is 0.389. The number of fused-ring (bicyclic) bond motifs is 1. The number of allylic oxidation sites excluding steroid dienone is 2. The Morgan fingerprint density at radius 2 is 1.70 bits per heavy atom. The number of benzene rings is 1. The zero-order valence-electron chi connectivity index (χ0n) is 12.8. The van der Waals surface area contributed by atoms with E-state index in [2.05, 4.69) is 12.2 Å². The number of hydrogen-bond donors (Lipinski definition) is 0. The highest BCUT2D eigenvalue weighted by Gasteiger charge is 2.56. The first-order valence-electron chi connectivity index (χ1n) is 7.86. The number of amides is 2. The lowest BCUT2D eigenvalue weighted by molar-refractivity contribution is -0.124. The molecule has 3 aliphatic carbocycles. The van der Waals surface area contributed by atoms with Gasteiger partial charge in [-0.15, -0.1) is 0 Å². The summed E-state index contributed by atoms with van der Waals surface area (Å²) < 4.78 is 4.71. The lowest BCUT2D eigenvalue weighted by Crippen LogP contribution is -2.38. The summed E-state index contributed by atoms with van der Waals surface area (Å²) in [5.74, 6) is -0.918. The molecule has 1 saturated carbocycles. The Balaban J connectivity index is 1.72. The third-order valence-electron chi connectivity index (χ3n) is 5.28. The van der Waals surface area contributed by atoms with Crippen molar-refractivity contribution in [3.8, 4) is 0 Å². The van der Waals surface area contributed by atoms with Gasteiger partial charge >= 0.3 is 5.97 Å². The average Bonchev–Trinajstić information content (AvgIpc) is 2.88. The van der Waals surface area contributed by atoms with E-state index in [-0.39, 0.29) is 35.5 Å². The third kappa shape index (κ3) is 1.96. The predicted molar refractivity (Wildman–Crippen MR) is 82.6 cm³/mol. The average molecular weight is 311 g/mol. The zero-order chi connectivity index (χ0) is 16.1. The van der Waals surface area contributed by atoms with Crippen LogP contribution in [0.4, 0.5) is 5.69 Å². The number of anilines is 1. The Bertz CT molecular complexity index is 706. The lowest BCUT2D eigenvalue weighted by Gasteiger charge is -2.38. The summed E-state index contributed by atoms with van der Waals surface area (Å²) in [6.07, 6.45) is 6.12. The lowest BCUT2D eigenvalue weighted by atomic mass is 9.63. The minimum atomic E-state index is -0.481. The predicted octanol–water partition coefficient (Wildman–Crippen LogP) is 2.17. The van der Waals surface area contributed by atoms with Crippen molar-refractivity contribution < 1.29 is 19.1 Å². The van der Waals surface area contributed by atoms with Gasteiger partial charge in [-0.05, 0) is 42.9 Å².